The van der Waals surface area contributed by atoms with Gasteiger partial charge in [-0.1, -0.05) is 15.9 Å². The molecule has 0 unspecified atom stereocenters. The van der Waals surface area contributed by atoms with Crippen LogP contribution >= 0.6 is 15.9 Å². The van der Waals surface area contributed by atoms with Crippen LogP contribution < -0.4 is 4.74 Å². The zero-order chi connectivity index (χ0) is 16.4. The average molecular weight is 379 g/mol. The lowest BCUT2D eigenvalue weighted by molar-refractivity contribution is 0.0914. The molecule has 4 nitrogen and oxygen atoms in total. The van der Waals surface area contributed by atoms with Crippen LogP contribution in [0.3, 0.4) is 0 Å². The van der Waals surface area contributed by atoms with Crippen molar-refractivity contribution in [1.29, 1.82) is 0 Å². The molecule has 0 spiro atoms. The molecular formula is C16H9BrF2N2O2. The molecule has 0 saturated carbocycles. The molecule has 1 heterocycles. The van der Waals surface area contributed by atoms with E-state index >= 15 is 0 Å². The van der Waals surface area contributed by atoms with Gasteiger partial charge < -0.3 is 4.74 Å². The van der Waals surface area contributed by atoms with Crippen LogP contribution in [0.1, 0.15) is 10.4 Å². The van der Waals surface area contributed by atoms with E-state index < -0.39 is 24.0 Å². The number of carbonyl (C=O) groups is 1. The number of fused-ring (bicyclic) bond motifs is 1. The summed E-state index contributed by atoms with van der Waals surface area (Å²) in [6, 6.07) is 8.02. The molecule has 0 aliphatic heterocycles. The molecule has 0 amide bonds. The van der Waals surface area contributed by atoms with Gasteiger partial charge in [0.1, 0.15) is 18.0 Å². The van der Waals surface area contributed by atoms with E-state index in [1.807, 2.05) is 6.07 Å². The Hall–Kier alpha value is -2.41. The van der Waals surface area contributed by atoms with Crippen LogP contribution in [0.4, 0.5) is 8.78 Å². The number of carbonyl (C=O) groups excluding carboxylic acids is 1. The van der Waals surface area contributed by atoms with Crippen LogP contribution in [-0.4, -0.2) is 22.4 Å². The highest BCUT2D eigenvalue weighted by molar-refractivity contribution is 9.10. The van der Waals surface area contributed by atoms with Gasteiger partial charge in [-0.25, -0.2) is 18.7 Å². The Morgan fingerprint density at radius 2 is 1.96 bits per heavy atom. The maximum atomic E-state index is 13.6. The highest BCUT2D eigenvalue weighted by atomic mass is 79.9. The van der Waals surface area contributed by atoms with E-state index in [2.05, 4.69) is 25.9 Å². The number of benzene rings is 2. The summed E-state index contributed by atoms with van der Waals surface area (Å²) in [5.74, 6) is -1.97. The van der Waals surface area contributed by atoms with Crippen molar-refractivity contribution in [2.24, 2.45) is 0 Å². The molecule has 7 heteroatoms. The number of hydrogen-bond donors (Lipinski definition) is 0. The van der Waals surface area contributed by atoms with Crippen molar-refractivity contribution in [3.05, 3.63) is 64.4 Å². The number of halogens is 3. The predicted octanol–water partition coefficient (Wildman–Crippen LogP) is 3.93. The lowest BCUT2D eigenvalue weighted by atomic mass is 10.1. The van der Waals surface area contributed by atoms with Crippen LogP contribution in [0, 0.1) is 11.6 Å². The smallest absolute Gasteiger partial charge is 0.224 e. The van der Waals surface area contributed by atoms with E-state index in [4.69, 9.17) is 4.74 Å². The highest BCUT2D eigenvalue weighted by Gasteiger charge is 2.15. The summed E-state index contributed by atoms with van der Waals surface area (Å²) in [5, 5.41) is 0.606. The second kappa shape index (κ2) is 6.37. The lowest BCUT2D eigenvalue weighted by Gasteiger charge is -2.08. The summed E-state index contributed by atoms with van der Waals surface area (Å²) >= 11 is 3.33. The largest absolute Gasteiger partial charge is 0.469 e. The fourth-order valence-electron chi connectivity index (χ4n) is 2.04. The highest BCUT2D eigenvalue weighted by Crippen LogP contribution is 2.25. The first-order valence-electron chi connectivity index (χ1n) is 6.56. The van der Waals surface area contributed by atoms with Gasteiger partial charge >= 0.3 is 0 Å². The van der Waals surface area contributed by atoms with Crippen molar-refractivity contribution in [2.45, 2.75) is 0 Å². The standard InChI is InChI=1S/C16H9BrF2N2O2/c17-9-1-4-14-12(5-9)16(21-8-20-14)23-7-15(22)11-6-10(18)2-3-13(11)19/h1-6,8H,7H2. The zero-order valence-electron chi connectivity index (χ0n) is 11.6. The Labute approximate surface area is 138 Å². The first kappa shape index (κ1) is 15.5. The molecule has 1 aromatic heterocycles. The van der Waals surface area contributed by atoms with Crippen molar-refractivity contribution in [1.82, 2.24) is 9.97 Å². The van der Waals surface area contributed by atoms with Crippen LogP contribution in [0.15, 0.2) is 47.2 Å². The third-order valence-corrected chi connectivity index (χ3v) is 3.62. The van der Waals surface area contributed by atoms with Crippen molar-refractivity contribution in [2.75, 3.05) is 6.61 Å². The Bertz CT molecular complexity index is 902. The summed E-state index contributed by atoms with van der Waals surface area (Å²) in [4.78, 5) is 20.1. The third-order valence-electron chi connectivity index (χ3n) is 3.13. The van der Waals surface area contributed by atoms with Crippen LogP contribution in [0.2, 0.25) is 0 Å². The zero-order valence-corrected chi connectivity index (χ0v) is 13.2. The van der Waals surface area contributed by atoms with Crippen LogP contribution in [-0.2, 0) is 0 Å². The number of ether oxygens (including phenoxy) is 1. The van der Waals surface area contributed by atoms with Crippen molar-refractivity contribution in [3.8, 4) is 5.88 Å². The van der Waals surface area contributed by atoms with E-state index in [0.29, 0.717) is 10.9 Å². The molecule has 2 aromatic carbocycles. The molecule has 0 atom stereocenters. The number of nitrogens with zero attached hydrogens (tertiary/aromatic N) is 2. The van der Waals surface area contributed by atoms with Gasteiger partial charge in [-0.2, -0.15) is 0 Å². The topological polar surface area (TPSA) is 52.1 Å². The van der Waals surface area contributed by atoms with Gasteiger partial charge in [-0.05, 0) is 36.4 Å². The molecule has 0 fully saturated rings. The fraction of sp³-hybridized carbons (Fsp3) is 0.0625. The first-order chi connectivity index (χ1) is 11.0. The summed E-state index contributed by atoms with van der Waals surface area (Å²) in [6.45, 7) is -0.459. The van der Waals surface area contributed by atoms with Gasteiger partial charge in [-0.3, -0.25) is 4.79 Å². The molecule has 0 saturated heterocycles. The third kappa shape index (κ3) is 3.34. The Morgan fingerprint density at radius 1 is 1.13 bits per heavy atom. The van der Waals surface area contributed by atoms with Crippen LogP contribution in [0.25, 0.3) is 10.9 Å². The Morgan fingerprint density at radius 3 is 2.78 bits per heavy atom. The summed E-state index contributed by atoms with van der Waals surface area (Å²) in [6.07, 6.45) is 1.30. The van der Waals surface area contributed by atoms with E-state index in [9.17, 15) is 13.6 Å². The second-order valence-corrected chi connectivity index (χ2v) is 5.59. The SMILES string of the molecule is O=C(COc1ncnc2ccc(Br)cc12)c1cc(F)ccc1F. The van der Waals surface area contributed by atoms with Crippen molar-refractivity contribution >= 4 is 32.6 Å². The number of rotatable bonds is 4. The second-order valence-electron chi connectivity index (χ2n) is 4.68. The number of Topliss-reactive ketones (excluding diaryl/α,β-unsaturated/α-hetero) is 1. The number of aromatic nitrogens is 2. The van der Waals surface area contributed by atoms with Gasteiger partial charge in [0.05, 0.1) is 16.5 Å². The molecular weight excluding hydrogens is 370 g/mol. The minimum atomic E-state index is -0.796. The number of hydrogen-bond acceptors (Lipinski definition) is 4. The van der Waals surface area contributed by atoms with Gasteiger partial charge in [0.25, 0.3) is 0 Å². The van der Waals surface area contributed by atoms with E-state index in [1.165, 1.54) is 6.33 Å². The molecule has 116 valence electrons. The molecule has 0 radical (unpaired) electrons. The van der Waals surface area contributed by atoms with Gasteiger partial charge in [0.2, 0.25) is 11.7 Å². The molecule has 3 aromatic rings. The van der Waals surface area contributed by atoms with Gasteiger partial charge in [0.15, 0.2) is 6.61 Å². The van der Waals surface area contributed by atoms with E-state index in [-0.39, 0.29) is 11.4 Å². The predicted molar refractivity (Wildman–Crippen MR) is 83.4 cm³/mol. The molecule has 23 heavy (non-hydrogen) atoms. The molecule has 3 rings (SSSR count). The Kier molecular flexibility index (Phi) is 4.29. The Balaban J connectivity index is 1.84. The van der Waals surface area contributed by atoms with Crippen molar-refractivity contribution in [3.63, 3.8) is 0 Å². The van der Waals surface area contributed by atoms with E-state index in [1.54, 1.807) is 12.1 Å². The summed E-state index contributed by atoms with van der Waals surface area (Å²) in [5.41, 5.74) is 0.284. The maximum absolute atomic E-state index is 13.6. The van der Waals surface area contributed by atoms with Gasteiger partial charge in [-0.15, -0.1) is 0 Å². The summed E-state index contributed by atoms with van der Waals surface area (Å²) in [7, 11) is 0. The lowest BCUT2D eigenvalue weighted by Crippen LogP contribution is -2.14. The average Bonchev–Trinajstić information content (AvgIpc) is 2.54. The first-order valence-corrected chi connectivity index (χ1v) is 7.35. The van der Waals surface area contributed by atoms with Crippen molar-refractivity contribution < 1.29 is 18.3 Å². The normalized spacial score (nSPS) is 10.7. The molecule has 0 N–H and O–H groups in total. The van der Waals surface area contributed by atoms with Gasteiger partial charge in [0, 0.05) is 4.47 Å². The number of ketones is 1. The minimum absolute atomic E-state index is 0.196. The summed E-state index contributed by atoms with van der Waals surface area (Å²) < 4.78 is 32.9. The minimum Gasteiger partial charge on any atom is -0.469 e. The van der Waals surface area contributed by atoms with Crippen LogP contribution in [0.5, 0.6) is 5.88 Å². The molecule has 0 aliphatic carbocycles. The monoisotopic (exact) mass is 378 g/mol. The fourth-order valence-corrected chi connectivity index (χ4v) is 2.40. The maximum Gasteiger partial charge on any atom is 0.224 e. The van der Waals surface area contributed by atoms with E-state index in [0.717, 1.165) is 22.7 Å². The molecule has 0 aliphatic rings. The quantitative estimate of drug-likeness (QED) is 0.645. The molecule has 0 bridgehead atoms.